The van der Waals surface area contributed by atoms with Crippen LogP contribution in [0.5, 0.6) is 11.5 Å². The maximum atomic E-state index is 12.0. The van der Waals surface area contributed by atoms with Crippen molar-refractivity contribution in [2.75, 3.05) is 7.11 Å². The summed E-state index contributed by atoms with van der Waals surface area (Å²) in [6.45, 7) is 8.44. The molecule has 1 heterocycles. The Morgan fingerprint density at radius 1 is 1.13 bits per heavy atom. The van der Waals surface area contributed by atoms with Gasteiger partial charge in [-0.1, -0.05) is 33.3 Å². The summed E-state index contributed by atoms with van der Waals surface area (Å²) in [6.07, 6.45) is 7.56. The zero-order valence-electron chi connectivity index (χ0n) is 19.0. The Hall–Kier alpha value is -1.26. The van der Waals surface area contributed by atoms with E-state index in [0.29, 0.717) is 11.7 Å². The van der Waals surface area contributed by atoms with Gasteiger partial charge in [-0.15, -0.1) is 0 Å². The monoisotopic (exact) mass is 412 g/mol. The number of ether oxygens (including phenoxy) is 2. The lowest BCUT2D eigenvalue weighted by atomic mass is 9.31. The normalized spacial score (nSPS) is 44.9. The van der Waals surface area contributed by atoms with E-state index in [0.717, 1.165) is 32.1 Å². The van der Waals surface area contributed by atoms with E-state index >= 15 is 0 Å². The number of hydrogen-bond donors (Lipinski definition) is 2. The number of hydrogen-bond acceptors (Lipinski definition) is 4. The minimum absolute atomic E-state index is 0.000445. The van der Waals surface area contributed by atoms with Crippen molar-refractivity contribution in [3.05, 3.63) is 23.3 Å². The van der Waals surface area contributed by atoms with Gasteiger partial charge in [-0.25, -0.2) is 0 Å². The van der Waals surface area contributed by atoms with Gasteiger partial charge in [0.25, 0.3) is 0 Å². The van der Waals surface area contributed by atoms with Crippen LogP contribution in [-0.4, -0.2) is 34.6 Å². The molecule has 4 nitrogen and oxygen atoms in total. The summed E-state index contributed by atoms with van der Waals surface area (Å²) in [4.78, 5) is 0. The first kappa shape index (κ1) is 19.4. The van der Waals surface area contributed by atoms with Crippen LogP contribution in [0.25, 0.3) is 0 Å². The summed E-state index contributed by atoms with van der Waals surface area (Å²) in [6, 6.07) is 3.96. The Kier molecular flexibility index (Phi) is 3.48. The fourth-order valence-electron chi connectivity index (χ4n) is 8.97. The number of aromatic hydroxyl groups is 1. The standard InChI is InChI=1S/C26H36O4/c1-22(2,3)23(4,28)18-14-24-11-12-26(18,29-5)21-25(24)10-6-7-16(24)13-15-8-9-17(27)20(30-21)19(15)25/h8-9,16,18,21,27-28H,6-7,10-14H2,1-5H3/t16-,18-,21-,23+,24-,25+,26-/m1/s1. The average molecular weight is 413 g/mol. The third-order valence-corrected chi connectivity index (χ3v) is 10.8. The van der Waals surface area contributed by atoms with E-state index in [1.807, 2.05) is 20.1 Å². The maximum absolute atomic E-state index is 12.0. The van der Waals surface area contributed by atoms with E-state index in [-0.39, 0.29) is 34.0 Å². The molecule has 164 valence electrons. The third kappa shape index (κ3) is 1.78. The van der Waals surface area contributed by atoms with Crippen LogP contribution in [0.4, 0.5) is 0 Å². The molecule has 1 aliphatic heterocycles. The molecule has 0 radical (unpaired) electrons. The number of methoxy groups -OCH3 is 1. The zero-order chi connectivity index (χ0) is 21.3. The molecule has 0 saturated heterocycles. The van der Waals surface area contributed by atoms with Crippen LogP contribution in [0.1, 0.15) is 77.3 Å². The van der Waals surface area contributed by atoms with Gasteiger partial charge < -0.3 is 19.7 Å². The molecular formula is C26H36O4. The molecule has 4 heteroatoms. The molecule has 1 aromatic rings. The molecule has 6 aliphatic rings. The first-order valence-corrected chi connectivity index (χ1v) is 11.8. The topological polar surface area (TPSA) is 58.9 Å². The first-order chi connectivity index (χ1) is 14.1. The molecule has 7 atom stereocenters. The number of aliphatic hydroxyl groups is 1. The van der Waals surface area contributed by atoms with Gasteiger partial charge in [-0.05, 0) is 73.8 Å². The SMILES string of the molecule is CO[C@]12CC[C@@]3(C[C@@H]1[C@](C)(O)C(C)(C)C)[C@@H]1CCC[C@@]34c3c(ccc(O)c3O[C@@H]24)C1. The molecule has 0 unspecified atom stereocenters. The van der Waals surface area contributed by atoms with E-state index in [2.05, 4.69) is 26.8 Å². The number of rotatable bonds is 2. The van der Waals surface area contributed by atoms with Crippen LogP contribution in [-0.2, 0) is 16.6 Å². The molecular weight excluding hydrogens is 376 g/mol. The molecule has 7 rings (SSSR count). The minimum atomic E-state index is -0.882. The second-order valence-electron chi connectivity index (χ2n) is 12.2. The van der Waals surface area contributed by atoms with Crippen molar-refractivity contribution in [3.8, 4) is 11.5 Å². The molecule has 2 N–H and O–H groups in total. The predicted molar refractivity (Wildman–Crippen MR) is 115 cm³/mol. The van der Waals surface area contributed by atoms with Crippen molar-refractivity contribution in [2.45, 2.75) is 95.4 Å². The molecule has 4 saturated carbocycles. The van der Waals surface area contributed by atoms with E-state index in [4.69, 9.17) is 9.47 Å². The van der Waals surface area contributed by atoms with Crippen LogP contribution in [0.3, 0.4) is 0 Å². The number of phenols is 1. The second-order valence-corrected chi connectivity index (χ2v) is 12.2. The lowest BCUT2D eigenvalue weighted by Gasteiger charge is -2.74. The van der Waals surface area contributed by atoms with Crippen LogP contribution in [0, 0.1) is 22.7 Å². The highest BCUT2D eigenvalue weighted by atomic mass is 16.6. The lowest BCUT2D eigenvalue weighted by Crippen LogP contribution is -2.80. The Labute approximate surface area is 180 Å². The van der Waals surface area contributed by atoms with Gasteiger partial charge >= 0.3 is 0 Å². The van der Waals surface area contributed by atoms with Gasteiger partial charge in [0.15, 0.2) is 11.5 Å². The number of benzene rings is 1. The van der Waals surface area contributed by atoms with Gasteiger partial charge in [0, 0.05) is 24.0 Å². The quantitative estimate of drug-likeness (QED) is 0.737. The van der Waals surface area contributed by atoms with Crippen molar-refractivity contribution in [1.29, 1.82) is 0 Å². The van der Waals surface area contributed by atoms with Crippen molar-refractivity contribution < 1.29 is 19.7 Å². The predicted octanol–water partition coefficient (Wildman–Crippen LogP) is 4.73. The van der Waals surface area contributed by atoms with Gasteiger partial charge in [-0.3, -0.25) is 0 Å². The molecule has 4 bridgehead atoms. The highest BCUT2D eigenvalue weighted by molar-refractivity contribution is 5.62. The van der Waals surface area contributed by atoms with Crippen LogP contribution >= 0.6 is 0 Å². The Bertz CT molecular complexity index is 930. The fourth-order valence-corrected chi connectivity index (χ4v) is 8.97. The summed E-state index contributed by atoms with van der Waals surface area (Å²) in [5.41, 5.74) is 1.01. The molecule has 30 heavy (non-hydrogen) atoms. The van der Waals surface area contributed by atoms with Gasteiger partial charge in [-0.2, -0.15) is 0 Å². The average Bonchev–Trinajstić information content (AvgIpc) is 3.05. The maximum Gasteiger partial charge on any atom is 0.165 e. The molecule has 5 aliphatic carbocycles. The smallest absolute Gasteiger partial charge is 0.165 e. The molecule has 0 amide bonds. The van der Waals surface area contributed by atoms with E-state index < -0.39 is 11.2 Å². The Morgan fingerprint density at radius 3 is 2.60 bits per heavy atom. The molecule has 2 spiro atoms. The number of fused-ring (bicyclic) bond motifs is 2. The summed E-state index contributed by atoms with van der Waals surface area (Å²) in [5.74, 6) is 1.59. The summed E-state index contributed by atoms with van der Waals surface area (Å²) in [5, 5.41) is 22.8. The number of phenolic OH excluding ortho intramolecular Hbond substituents is 1. The molecule has 1 aromatic carbocycles. The fraction of sp³-hybridized carbons (Fsp3) is 0.769. The van der Waals surface area contributed by atoms with Crippen LogP contribution in [0.15, 0.2) is 12.1 Å². The zero-order valence-corrected chi connectivity index (χ0v) is 19.0. The minimum Gasteiger partial charge on any atom is -0.504 e. The van der Waals surface area contributed by atoms with Crippen LogP contribution < -0.4 is 4.74 Å². The van der Waals surface area contributed by atoms with E-state index in [9.17, 15) is 10.2 Å². The summed E-state index contributed by atoms with van der Waals surface area (Å²) in [7, 11) is 1.82. The van der Waals surface area contributed by atoms with Crippen LogP contribution in [0.2, 0.25) is 0 Å². The van der Waals surface area contributed by atoms with Gasteiger partial charge in [0.05, 0.1) is 5.60 Å². The van der Waals surface area contributed by atoms with Gasteiger partial charge in [0.1, 0.15) is 11.7 Å². The first-order valence-electron chi connectivity index (χ1n) is 11.8. The summed E-state index contributed by atoms with van der Waals surface area (Å²) >= 11 is 0. The Balaban J connectivity index is 1.65. The largest absolute Gasteiger partial charge is 0.504 e. The molecule has 0 aromatic heterocycles. The van der Waals surface area contributed by atoms with Crippen molar-refractivity contribution in [3.63, 3.8) is 0 Å². The van der Waals surface area contributed by atoms with E-state index in [1.54, 1.807) is 0 Å². The van der Waals surface area contributed by atoms with Gasteiger partial charge in [0.2, 0.25) is 0 Å². The highest BCUT2D eigenvalue weighted by Crippen LogP contribution is 2.79. The lowest BCUT2D eigenvalue weighted by molar-refractivity contribution is -0.309. The summed E-state index contributed by atoms with van der Waals surface area (Å²) < 4.78 is 13.3. The van der Waals surface area contributed by atoms with E-state index in [1.165, 1.54) is 24.0 Å². The second kappa shape index (κ2) is 5.38. The highest BCUT2D eigenvalue weighted by Gasteiger charge is 2.81. The van der Waals surface area contributed by atoms with Crippen molar-refractivity contribution in [1.82, 2.24) is 0 Å². The van der Waals surface area contributed by atoms with Crippen molar-refractivity contribution >= 4 is 0 Å². The Morgan fingerprint density at radius 2 is 1.90 bits per heavy atom. The molecule has 4 fully saturated rings. The third-order valence-electron chi connectivity index (χ3n) is 10.8. The van der Waals surface area contributed by atoms with Crippen molar-refractivity contribution in [2.24, 2.45) is 22.7 Å².